The summed E-state index contributed by atoms with van der Waals surface area (Å²) in [5.41, 5.74) is 0.407. The second-order valence-corrected chi connectivity index (χ2v) is 3.18. The first-order valence-corrected chi connectivity index (χ1v) is 3.97. The lowest BCUT2D eigenvalue weighted by Crippen LogP contribution is -1.93. The van der Waals surface area contributed by atoms with E-state index in [2.05, 4.69) is 0 Å². The maximum absolute atomic E-state index is 12.5. The molecule has 1 aromatic rings. The van der Waals surface area contributed by atoms with Crippen LogP contribution in [0, 0.1) is 15.2 Å². The Hall–Kier alpha value is -0.230. The van der Waals surface area contributed by atoms with Crippen LogP contribution in [0.25, 0.3) is 0 Å². The van der Waals surface area contributed by atoms with Crippen LogP contribution < -0.4 is 0 Å². The van der Waals surface area contributed by atoms with Gasteiger partial charge in [0.25, 0.3) is 0 Å². The highest BCUT2D eigenvalue weighted by Gasteiger charge is 2.06. The van der Waals surface area contributed by atoms with Crippen LogP contribution in [-0.4, -0.2) is 5.11 Å². The third kappa shape index (κ3) is 1.87. The molecule has 1 N–H and O–H groups in total. The molecular weight excluding hydrogens is 265 g/mol. The molecule has 1 nitrogen and oxygen atoms in total. The maximum Gasteiger partial charge on any atom is 0.159 e. The lowest BCUT2D eigenvalue weighted by atomic mass is 10.2. The first-order chi connectivity index (χ1) is 5.15. The van der Waals surface area contributed by atoms with Crippen molar-refractivity contribution in [3.05, 3.63) is 32.9 Å². The summed E-state index contributed by atoms with van der Waals surface area (Å²) in [5, 5.41) is 8.64. The predicted octanol–water partition coefficient (Wildman–Crippen LogP) is 2.06. The van der Waals surface area contributed by atoms with Gasteiger partial charge in [-0.15, -0.1) is 0 Å². The van der Waals surface area contributed by atoms with Crippen molar-refractivity contribution in [1.29, 1.82) is 0 Å². The van der Waals surface area contributed by atoms with E-state index in [1.165, 1.54) is 0 Å². The van der Waals surface area contributed by atoms with Gasteiger partial charge in [-0.05, 0) is 40.3 Å². The highest BCUT2D eigenvalue weighted by molar-refractivity contribution is 14.1. The van der Waals surface area contributed by atoms with Crippen LogP contribution in [0.5, 0.6) is 0 Å². The molecule has 0 saturated heterocycles. The third-order valence-corrected chi connectivity index (χ3v) is 2.26. The van der Waals surface area contributed by atoms with Gasteiger partial charge in [-0.25, -0.2) is 8.78 Å². The molecule has 0 aliphatic carbocycles. The van der Waals surface area contributed by atoms with Gasteiger partial charge in [-0.1, -0.05) is 0 Å². The minimum Gasteiger partial charge on any atom is -0.392 e. The van der Waals surface area contributed by atoms with Crippen LogP contribution in [-0.2, 0) is 6.61 Å². The molecular formula is C7H5F2IO. The number of aliphatic hydroxyl groups is 1. The molecule has 11 heavy (non-hydrogen) atoms. The van der Waals surface area contributed by atoms with Crippen molar-refractivity contribution in [2.75, 3.05) is 0 Å². The summed E-state index contributed by atoms with van der Waals surface area (Å²) in [5.74, 6) is -1.80. The normalized spacial score (nSPS) is 10.2. The molecule has 0 aromatic heterocycles. The molecule has 1 rings (SSSR count). The molecule has 0 atom stereocenters. The zero-order valence-electron chi connectivity index (χ0n) is 5.44. The lowest BCUT2D eigenvalue weighted by molar-refractivity contribution is 0.280. The van der Waals surface area contributed by atoms with Crippen molar-refractivity contribution in [3.63, 3.8) is 0 Å². The van der Waals surface area contributed by atoms with Gasteiger partial charge in [-0.2, -0.15) is 0 Å². The van der Waals surface area contributed by atoms with E-state index in [0.717, 1.165) is 12.1 Å². The van der Waals surface area contributed by atoms with E-state index in [9.17, 15) is 8.78 Å². The van der Waals surface area contributed by atoms with Crippen molar-refractivity contribution >= 4 is 22.6 Å². The molecule has 0 radical (unpaired) electrons. The predicted molar refractivity (Wildman–Crippen MR) is 45.0 cm³/mol. The summed E-state index contributed by atoms with van der Waals surface area (Å²) in [7, 11) is 0. The number of rotatable bonds is 1. The van der Waals surface area contributed by atoms with Gasteiger partial charge in [0, 0.05) is 3.57 Å². The SMILES string of the molecule is OCc1cc(F)c(F)cc1I. The molecule has 1 aromatic carbocycles. The van der Waals surface area contributed by atoms with E-state index in [4.69, 9.17) is 5.11 Å². The second-order valence-electron chi connectivity index (χ2n) is 2.02. The van der Waals surface area contributed by atoms with Crippen molar-refractivity contribution in [3.8, 4) is 0 Å². The summed E-state index contributed by atoms with van der Waals surface area (Å²) in [4.78, 5) is 0. The monoisotopic (exact) mass is 270 g/mol. The van der Waals surface area contributed by atoms with E-state index in [1.807, 2.05) is 22.6 Å². The highest BCUT2D eigenvalue weighted by atomic mass is 127. The molecule has 0 fully saturated rings. The van der Waals surface area contributed by atoms with Gasteiger partial charge in [-0.3, -0.25) is 0 Å². The van der Waals surface area contributed by atoms with Crippen LogP contribution in [0.15, 0.2) is 12.1 Å². The third-order valence-electron chi connectivity index (χ3n) is 1.26. The average molecular weight is 270 g/mol. The average Bonchev–Trinajstić information content (AvgIpc) is 1.97. The lowest BCUT2D eigenvalue weighted by Gasteiger charge is -2.00. The maximum atomic E-state index is 12.5. The Morgan fingerprint density at radius 3 is 2.36 bits per heavy atom. The Morgan fingerprint density at radius 1 is 1.27 bits per heavy atom. The van der Waals surface area contributed by atoms with Gasteiger partial charge in [0.1, 0.15) is 0 Å². The fourth-order valence-electron chi connectivity index (χ4n) is 0.685. The Labute approximate surface area is 76.2 Å². The van der Waals surface area contributed by atoms with Crippen LogP contribution in [0.3, 0.4) is 0 Å². The summed E-state index contributed by atoms with van der Waals surface area (Å²) in [6.45, 7) is -0.268. The number of aliphatic hydroxyl groups excluding tert-OH is 1. The van der Waals surface area contributed by atoms with Crippen molar-refractivity contribution < 1.29 is 13.9 Å². The minimum atomic E-state index is -0.922. The Kier molecular flexibility index (Phi) is 2.78. The molecule has 4 heteroatoms. The molecule has 0 heterocycles. The molecule has 0 unspecified atom stereocenters. The van der Waals surface area contributed by atoms with Gasteiger partial charge >= 0.3 is 0 Å². The summed E-state index contributed by atoms with van der Waals surface area (Å²) < 4.78 is 25.4. The first-order valence-electron chi connectivity index (χ1n) is 2.89. The molecule has 0 spiro atoms. The van der Waals surface area contributed by atoms with Crippen LogP contribution >= 0.6 is 22.6 Å². The standard InChI is InChI=1S/C7H5F2IO/c8-5-1-4(3-11)7(10)2-6(5)9/h1-2,11H,3H2. The first kappa shape index (κ1) is 8.86. The zero-order valence-corrected chi connectivity index (χ0v) is 7.60. The van der Waals surface area contributed by atoms with E-state index < -0.39 is 11.6 Å². The van der Waals surface area contributed by atoms with Crippen LogP contribution in [0.4, 0.5) is 8.78 Å². The Balaban J connectivity index is 3.21. The van der Waals surface area contributed by atoms with Gasteiger partial charge < -0.3 is 5.11 Å². The van der Waals surface area contributed by atoms with E-state index >= 15 is 0 Å². The van der Waals surface area contributed by atoms with Gasteiger partial charge in [0.05, 0.1) is 6.61 Å². The van der Waals surface area contributed by atoms with E-state index in [0.29, 0.717) is 9.13 Å². The highest BCUT2D eigenvalue weighted by Crippen LogP contribution is 2.16. The fourth-order valence-corrected chi connectivity index (χ4v) is 1.28. The second kappa shape index (κ2) is 3.44. The topological polar surface area (TPSA) is 20.2 Å². The number of hydrogen-bond donors (Lipinski definition) is 1. The zero-order chi connectivity index (χ0) is 8.43. The molecule has 0 bridgehead atoms. The van der Waals surface area contributed by atoms with E-state index in [-0.39, 0.29) is 6.61 Å². The molecule has 60 valence electrons. The number of halogens is 3. The Bertz CT molecular complexity index is 275. The summed E-state index contributed by atoms with van der Waals surface area (Å²) in [6, 6.07) is 2.05. The molecule has 0 saturated carbocycles. The van der Waals surface area contributed by atoms with Crippen molar-refractivity contribution in [2.45, 2.75) is 6.61 Å². The largest absolute Gasteiger partial charge is 0.392 e. The smallest absolute Gasteiger partial charge is 0.159 e. The summed E-state index contributed by atoms with van der Waals surface area (Å²) >= 11 is 1.84. The Morgan fingerprint density at radius 2 is 1.82 bits per heavy atom. The quantitative estimate of drug-likeness (QED) is 0.611. The number of hydrogen-bond acceptors (Lipinski definition) is 1. The van der Waals surface area contributed by atoms with Crippen molar-refractivity contribution in [1.82, 2.24) is 0 Å². The molecule has 0 aliphatic rings. The molecule has 0 aliphatic heterocycles. The van der Waals surface area contributed by atoms with Crippen LogP contribution in [0.1, 0.15) is 5.56 Å². The minimum absolute atomic E-state index is 0.268. The number of benzene rings is 1. The van der Waals surface area contributed by atoms with E-state index in [1.54, 1.807) is 0 Å². The summed E-state index contributed by atoms with van der Waals surface area (Å²) in [6.07, 6.45) is 0. The molecule has 0 amide bonds. The van der Waals surface area contributed by atoms with Crippen LogP contribution in [0.2, 0.25) is 0 Å². The van der Waals surface area contributed by atoms with Crippen molar-refractivity contribution in [2.24, 2.45) is 0 Å². The fraction of sp³-hybridized carbons (Fsp3) is 0.143. The van der Waals surface area contributed by atoms with Gasteiger partial charge in [0.15, 0.2) is 11.6 Å². The van der Waals surface area contributed by atoms with Gasteiger partial charge in [0.2, 0.25) is 0 Å².